The summed E-state index contributed by atoms with van der Waals surface area (Å²) < 4.78 is 26.7. The normalized spacial score (nSPS) is 15.7. The molecule has 1 fully saturated rings. The molecule has 2 N–H and O–H groups in total. The van der Waals surface area contributed by atoms with Gasteiger partial charge in [0.1, 0.15) is 5.82 Å². The van der Waals surface area contributed by atoms with Crippen LogP contribution in [0.4, 0.5) is 20.2 Å². The zero-order valence-corrected chi connectivity index (χ0v) is 11.2. The van der Waals surface area contributed by atoms with Gasteiger partial charge in [0.05, 0.1) is 11.0 Å². The number of amides is 1. The number of anilines is 1. The molecular weight excluding hydrogens is 284 g/mol. The molecule has 0 aromatic heterocycles. The number of nitrogens with one attached hydrogen (secondary N) is 2. The molecule has 0 bridgehead atoms. The van der Waals surface area contributed by atoms with Crippen LogP contribution in [-0.4, -0.2) is 23.9 Å². The summed E-state index contributed by atoms with van der Waals surface area (Å²) in [5.74, 6) is -2.56. The molecule has 0 atom stereocenters. The Hall–Kier alpha value is -2.09. The summed E-state index contributed by atoms with van der Waals surface area (Å²) in [7, 11) is 0. The van der Waals surface area contributed by atoms with Crippen LogP contribution < -0.4 is 10.6 Å². The molecule has 8 heteroatoms. The van der Waals surface area contributed by atoms with E-state index in [9.17, 15) is 23.7 Å². The van der Waals surface area contributed by atoms with Gasteiger partial charge in [-0.1, -0.05) is 0 Å². The monoisotopic (exact) mass is 299 g/mol. The van der Waals surface area contributed by atoms with E-state index in [1.165, 1.54) is 0 Å². The Morgan fingerprint density at radius 2 is 2.05 bits per heavy atom. The minimum atomic E-state index is -1.15. The third-order valence-electron chi connectivity index (χ3n) is 3.43. The van der Waals surface area contributed by atoms with Crippen LogP contribution in [0.1, 0.15) is 19.3 Å². The number of carbonyl (C=O) groups excluding carboxylic acids is 1. The summed E-state index contributed by atoms with van der Waals surface area (Å²) in [5.41, 5.74) is -1.37. The molecule has 1 saturated heterocycles. The minimum Gasteiger partial charge on any atom is -0.318 e. The van der Waals surface area contributed by atoms with Crippen LogP contribution in [0.5, 0.6) is 0 Å². The Morgan fingerprint density at radius 3 is 2.67 bits per heavy atom. The molecule has 21 heavy (non-hydrogen) atoms. The second-order valence-electron chi connectivity index (χ2n) is 4.98. The Morgan fingerprint density at radius 1 is 1.38 bits per heavy atom. The van der Waals surface area contributed by atoms with Gasteiger partial charge >= 0.3 is 0 Å². The topological polar surface area (TPSA) is 84.3 Å². The zero-order valence-electron chi connectivity index (χ0n) is 11.2. The molecule has 6 nitrogen and oxygen atoms in total. The highest BCUT2D eigenvalue weighted by molar-refractivity contribution is 5.93. The summed E-state index contributed by atoms with van der Waals surface area (Å²) in [4.78, 5) is 21.8. The molecule has 1 aliphatic rings. The first-order valence-electron chi connectivity index (χ1n) is 6.61. The van der Waals surface area contributed by atoms with Crippen molar-refractivity contribution in [3.05, 3.63) is 33.9 Å². The van der Waals surface area contributed by atoms with E-state index in [0.29, 0.717) is 12.1 Å². The Labute approximate surface area is 119 Å². The lowest BCUT2D eigenvalue weighted by Gasteiger charge is -2.21. The molecule has 0 aliphatic carbocycles. The van der Waals surface area contributed by atoms with Gasteiger partial charge in [-0.05, 0) is 31.8 Å². The Balaban J connectivity index is 2.11. The Kier molecular flexibility index (Phi) is 4.79. The van der Waals surface area contributed by atoms with Crippen molar-refractivity contribution in [3.63, 3.8) is 0 Å². The highest BCUT2D eigenvalue weighted by Crippen LogP contribution is 2.29. The van der Waals surface area contributed by atoms with Gasteiger partial charge in [0.15, 0.2) is 11.5 Å². The maximum absolute atomic E-state index is 13.6. The largest absolute Gasteiger partial charge is 0.318 e. The van der Waals surface area contributed by atoms with Gasteiger partial charge in [0, 0.05) is 12.5 Å². The van der Waals surface area contributed by atoms with E-state index >= 15 is 0 Å². The average Bonchev–Trinajstić information content (AvgIpc) is 2.42. The number of piperidine rings is 1. The number of benzene rings is 1. The predicted molar refractivity (Wildman–Crippen MR) is 71.9 cm³/mol. The van der Waals surface area contributed by atoms with Gasteiger partial charge in [-0.3, -0.25) is 14.9 Å². The molecule has 2 rings (SSSR count). The lowest BCUT2D eigenvalue weighted by atomic mass is 9.94. The molecular formula is C13H15F2N3O3. The molecule has 114 valence electrons. The van der Waals surface area contributed by atoms with E-state index < -0.39 is 33.8 Å². The smallest absolute Gasteiger partial charge is 0.298 e. The summed E-state index contributed by atoms with van der Waals surface area (Å²) >= 11 is 0. The number of nitrogens with zero attached hydrogens (tertiary/aromatic N) is 1. The molecule has 1 aliphatic heterocycles. The number of rotatable bonds is 4. The molecule has 1 aromatic rings. The van der Waals surface area contributed by atoms with E-state index in [2.05, 4.69) is 10.6 Å². The maximum atomic E-state index is 13.6. The molecule has 1 aromatic carbocycles. The van der Waals surface area contributed by atoms with E-state index in [-0.39, 0.29) is 12.3 Å². The number of hydrogen-bond donors (Lipinski definition) is 2. The van der Waals surface area contributed by atoms with E-state index in [1.54, 1.807) is 0 Å². The number of hydrogen-bond acceptors (Lipinski definition) is 4. The molecule has 0 spiro atoms. The number of carbonyl (C=O) groups is 1. The third kappa shape index (κ3) is 3.94. The standard InChI is InChI=1S/C13H15F2N3O3/c14-9-6-10(15)13(11(7-9)18(20)21)17-12(19)5-8-1-3-16-4-2-8/h6-8,16H,1-5H2,(H,17,19). The second kappa shape index (κ2) is 6.57. The molecule has 1 heterocycles. The number of nitro benzene ring substituents is 1. The van der Waals surface area contributed by atoms with Crippen molar-refractivity contribution in [2.75, 3.05) is 18.4 Å². The molecule has 0 saturated carbocycles. The SMILES string of the molecule is O=C(CC1CCNCC1)Nc1c(F)cc(F)cc1[N+](=O)[O-]. The second-order valence-corrected chi connectivity index (χ2v) is 4.98. The number of nitro groups is 1. The van der Waals surface area contributed by atoms with Crippen molar-refractivity contribution in [2.45, 2.75) is 19.3 Å². The highest BCUT2D eigenvalue weighted by Gasteiger charge is 2.24. The Bertz CT molecular complexity index is 560. The highest BCUT2D eigenvalue weighted by atomic mass is 19.1. The quantitative estimate of drug-likeness (QED) is 0.659. The van der Waals surface area contributed by atoms with Crippen LogP contribution in [0.25, 0.3) is 0 Å². The zero-order chi connectivity index (χ0) is 15.4. The van der Waals surface area contributed by atoms with Crippen LogP contribution in [0.15, 0.2) is 12.1 Å². The van der Waals surface area contributed by atoms with E-state index in [4.69, 9.17) is 0 Å². The van der Waals surface area contributed by atoms with Crippen LogP contribution in [0.2, 0.25) is 0 Å². The fourth-order valence-electron chi connectivity index (χ4n) is 2.37. The van der Waals surface area contributed by atoms with Gasteiger partial charge in [0.2, 0.25) is 5.91 Å². The lowest BCUT2D eigenvalue weighted by Crippen LogP contribution is -2.30. The van der Waals surface area contributed by atoms with Crippen LogP contribution in [-0.2, 0) is 4.79 Å². The maximum Gasteiger partial charge on any atom is 0.298 e. The molecule has 1 amide bonds. The van der Waals surface area contributed by atoms with Crippen molar-refractivity contribution in [1.82, 2.24) is 5.32 Å². The van der Waals surface area contributed by atoms with E-state index in [1.807, 2.05) is 0 Å². The van der Waals surface area contributed by atoms with Gasteiger partial charge < -0.3 is 10.6 Å². The fraction of sp³-hybridized carbons (Fsp3) is 0.462. The van der Waals surface area contributed by atoms with Gasteiger partial charge in [-0.25, -0.2) is 8.78 Å². The first kappa shape index (κ1) is 15.3. The van der Waals surface area contributed by atoms with Gasteiger partial charge in [-0.2, -0.15) is 0 Å². The molecule has 0 unspecified atom stereocenters. The first-order chi connectivity index (χ1) is 9.97. The lowest BCUT2D eigenvalue weighted by molar-refractivity contribution is -0.384. The van der Waals surface area contributed by atoms with Crippen LogP contribution >= 0.6 is 0 Å². The van der Waals surface area contributed by atoms with Gasteiger partial charge in [-0.15, -0.1) is 0 Å². The summed E-state index contributed by atoms with van der Waals surface area (Å²) in [6.45, 7) is 1.62. The predicted octanol–water partition coefficient (Wildman–Crippen LogP) is 2.20. The third-order valence-corrected chi connectivity index (χ3v) is 3.43. The van der Waals surface area contributed by atoms with E-state index in [0.717, 1.165) is 25.9 Å². The minimum absolute atomic E-state index is 0.161. The van der Waals surface area contributed by atoms with Crippen molar-refractivity contribution in [3.8, 4) is 0 Å². The number of halogens is 2. The van der Waals surface area contributed by atoms with Crippen molar-refractivity contribution in [1.29, 1.82) is 0 Å². The summed E-state index contributed by atoms with van der Waals surface area (Å²) in [6, 6.07) is 1.09. The summed E-state index contributed by atoms with van der Waals surface area (Å²) in [5, 5.41) is 16.2. The van der Waals surface area contributed by atoms with Crippen molar-refractivity contribution >= 4 is 17.3 Å². The summed E-state index contributed by atoms with van der Waals surface area (Å²) in [6.07, 6.45) is 1.80. The first-order valence-corrected chi connectivity index (χ1v) is 6.61. The molecule has 0 radical (unpaired) electrons. The van der Waals surface area contributed by atoms with Crippen LogP contribution in [0.3, 0.4) is 0 Å². The average molecular weight is 299 g/mol. The van der Waals surface area contributed by atoms with Crippen molar-refractivity contribution in [2.24, 2.45) is 5.92 Å². The van der Waals surface area contributed by atoms with Crippen molar-refractivity contribution < 1.29 is 18.5 Å². The van der Waals surface area contributed by atoms with Crippen LogP contribution in [0, 0.1) is 27.7 Å². The van der Waals surface area contributed by atoms with Gasteiger partial charge in [0.25, 0.3) is 5.69 Å². The fourth-order valence-corrected chi connectivity index (χ4v) is 2.37.